The smallest absolute Gasteiger partial charge is 0.392 e. The van der Waals surface area contributed by atoms with E-state index >= 15 is 0 Å². The van der Waals surface area contributed by atoms with E-state index in [9.17, 15) is 13.2 Å². The van der Waals surface area contributed by atoms with Crippen LogP contribution < -0.4 is 4.74 Å². The molecular formula is C7H4BrF3INO2. The molecule has 1 aromatic rings. The molecule has 0 unspecified atom stereocenters. The summed E-state index contributed by atoms with van der Waals surface area (Å²) in [6, 6.07) is 1.06. The van der Waals surface area contributed by atoms with Gasteiger partial charge in [-0.05, 0) is 22.6 Å². The van der Waals surface area contributed by atoms with Gasteiger partial charge in [-0.1, -0.05) is 15.9 Å². The molecule has 15 heavy (non-hydrogen) atoms. The first-order valence-corrected chi connectivity index (χ1v) is 5.42. The number of pyridine rings is 1. The maximum absolute atomic E-state index is 11.9. The number of aliphatic hydroxyl groups is 1. The molecule has 0 amide bonds. The number of halogens is 5. The van der Waals surface area contributed by atoms with Crippen LogP contribution in [0.1, 0.15) is 5.56 Å². The molecule has 0 bridgehead atoms. The van der Waals surface area contributed by atoms with Crippen molar-refractivity contribution in [2.45, 2.75) is 13.0 Å². The highest BCUT2D eigenvalue weighted by atomic mass is 127. The Bertz CT molecular complexity index is 349. The zero-order chi connectivity index (χ0) is 11.6. The normalized spacial score (nSPS) is 11.6. The van der Waals surface area contributed by atoms with E-state index in [4.69, 9.17) is 5.11 Å². The fourth-order valence-electron chi connectivity index (χ4n) is 0.802. The number of hydrogen-bond donors (Lipinski definition) is 1. The molecular weight excluding hydrogens is 394 g/mol. The lowest BCUT2D eigenvalue weighted by atomic mass is 10.3. The summed E-state index contributed by atoms with van der Waals surface area (Å²) in [7, 11) is 0. The van der Waals surface area contributed by atoms with Crippen LogP contribution in [-0.4, -0.2) is 16.5 Å². The average Bonchev–Trinajstić information content (AvgIpc) is 1.99. The van der Waals surface area contributed by atoms with Gasteiger partial charge in [0.15, 0.2) is 0 Å². The van der Waals surface area contributed by atoms with E-state index in [-0.39, 0.29) is 10.3 Å². The van der Waals surface area contributed by atoms with Gasteiger partial charge in [0.1, 0.15) is 3.70 Å². The first kappa shape index (κ1) is 13.0. The second kappa shape index (κ2) is 4.83. The molecule has 84 valence electrons. The number of aromatic nitrogens is 1. The van der Waals surface area contributed by atoms with Gasteiger partial charge in [-0.3, -0.25) is 0 Å². The van der Waals surface area contributed by atoms with E-state index in [1.165, 1.54) is 0 Å². The zero-order valence-electron chi connectivity index (χ0n) is 6.98. The third-order valence-electron chi connectivity index (χ3n) is 1.37. The van der Waals surface area contributed by atoms with Crippen molar-refractivity contribution >= 4 is 38.5 Å². The van der Waals surface area contributed by atoms with Gasteiger partial charge in [-0.15, -0.1) is 13.2 Å². The van der Waals surface area contributed by atoms with Crippen LogP contribution in [0.4, 0.5) is 13.2 Å². The van der Waals surface area contributed by atoms with Crippen LogP contribution in [0.5, 0.6) is 5.88 Å². The Balaban J connectivity index is 3.04. The van der Waals surface area contributed by atoms with Gasteiger partial charge in [0.05, 0.1) is 6.61 Å². The highest BCUT2D eigenvalue weighted by Gasteiger charge is 2.32. The van der Waals surface area contributed by atoms with Crippen LogP contribution in [0.2, 0.25) is 0 Å². The predicted octanol–water partition coefficient (Wildman–Crippen LogP) is 2.84. The molecule has 0 fully saturated rings. The molecule has 0 saturated heterocycles. The van der Waals surface area contributed by atoms with Crippen molar-refractivity contribution in [1.29, 1.82) is 0 Å². The lowest BCUT2D eigenvalue weighted by Crippen LogP contribution is -2.18. The maximum atomic E-state index is 11.9. The number of alkyl halides is 3. The van der Waals surface area contributed by atoms with Gasteiger partial charge in [-0.2, -0.15) is 0 Å². The summed E-state index contributed by atoms with van der Waals surface area (Å²) in [6.07, 6.45) is -4.77. The minimum atomic E-state index is -4.77. The van der Waals surface area contributed by atoms with E-state index in [1.807, 2.05) is 0 Å². The highest BCUT2D eigenvalue weighted by Crippen LogP contribution is 2.28. The molecule has 0 aliphatic rings. The van der Waals surface area contributed by atoms with Gasteiger partial charge in [0, 0.05) is 16.1 Å². The highest BCUT2D eigenvalue weighted by molar-refractivity contribution is 14.1. The molecule has 1 rings (SSSR count). The van der Waals surface area contributed by atoms with Crippen molar-refractivity contribution in [2.75, 3.05) is 0 Å². The second-order valence-corrected chi connectivity index (χ2v) is 4.29. The topological polar surface area (TPSA) is 42.4 Å². The summed E-state index contributed by atoms with van der Waals surface area (Å²) in [5.74, 6) is -0.559. The summed E-state index contributed by atoms with van der Waals surface area (Å²) in [4.78, 5) is 3.54. The van der Waals surface area contributed by atoms with Crippen molar-refractivity contribution in [3.05, 3.63) is 19.8 Å². The Morgan fingerprint density at radius 2 is 2.13 bits per heavy atom. The standard InChI is InChI=1S/C7H4BrF3INO2/c8-4-1-5(15-7(9,10)11)13-6(12)3(4)2-14/h1,14H,2H2. The molecule has 1 aromatic heterocycles. The lowest BCUT2D eigenvalue weighted by molar-refractivity contribution is -0.276. The Morgan fingerprint density at radius 3 is 2.53 bits per heavy atom. The second-order valence-electron chi connectivity index (χ2n) is 2.42. The van der Waals surface area contributed by atoms with Gasteiger partial charge >= 0.3 is 6.36 Å². The van der Waals surface area contributed by atoms with Crippen LogP contribution in [-0.2, 0) is 6.61 Å². The minimum Gasteiger partial charge on any atom is -0.392 e. The zero-order valence-corrected chi connectivity index (χ0v) is 10.7. The van der Waals surface area contributed by atoms with E-state index in [0.29, 0.717) is 10.0 Å². The van der Waals surface area contributed by atoms with Gasteiger partial charge in [0.2, 0.25) is 5.88 Å². The Hall–Kier alpha value is -0.0900. The van der Waals surface area contributed by atoms with E-state index < -0.39 is 12.2 Å². The third kappa shape index (κ3) is 3.76. The molecule has 0 atom stereocenters. The molecule has 0 aliphatic heterocycles. The summed E-state index contributed by atoms with van der Waals surface area (Å²) in [5, 5.41) is 8.88. The number of ether oxygens (including phenoxy) is 1. The fourth-order valence-corrected chi connectivity index (χ4v) is 2.38. The first-order valence-electron chi connectivity index (χ1n) is 3.55. The quantitative estimate of drug-likeness (QED) is 0.616. The van der Waals surface area contributed by atoms with Crippen molar-refractivity contribution in [2.24, 2.45) is 0 Å². The number of hydrogen-bond acceptors (Lipinski definition) is 3. The average molecular weight is 398 g/mol. The number of rotatable bonds is 2. The van der Waals surface area contributed by atoms with Crippen LogP contribution in [0, 0.1) is 3.70 Å². The molecule has 0 saturated carbocycles. The minimum absolute atomic E-state index is 0.253. The van der Waals surface area contributed by atoms with Crippen molar-refractivity contribution in [3.8, 4) is 5.88 Å². The summed E-state index contributed by atoms with van der Waals surface area (Å²) < 4.78 is 39.8. The summed E-state index contributed by atoms with van der Waals surface area (Å²) >= 11 is 4.73. The Kier molecular flexibility index (Phi) is 4.18. The molecule has 3 nitrogen and oxygen atoms in total. The van der Waals surface area contributed by atoms with Crippen molar-refractivity contribution in [1.82, 2.24) is 4.98 Å². The van der Waals surface area contributed by atoms with E-state index in [2.05, 4.69) is 25.7 Å². The van der Waals surface area contributed by atoms with Crippen molar-refractivity contribution in [3.63, 3.8) is 0 Å². The predicted molar refractivity (Wildman–Crippen MR) is 57.3 cm³/mol. The Morgan fingerprint density at radius 1 is 1.53 bits per heavy atom. The number of aliphatic hydroxyl groups excluding tert-OH is 1. The van der Waals surface area contributed by atoms with Gasteiger partial charge < -0.3 is 9.84 Å². The van der Waals surface area contributed by atoms with Crippen LogP contribution >= 0.6 is 38.5 Å². The van der Waals surface area contributed by atoms with Crippen LogP contribution in [0.3, 0.4) is 0 Å². The first-order chi connectivity index (χ1) is 6.83. The van der Waals surface area contributed by atoms with Crippen LogP contribution in [0.25, 0.3) is 0 Å². The van der Waals surface area contributed by atoms with Crippen molar-refractivity contribution < 1.29 is 23.0 Å². The molecule has 1 N–H and O–H groups in total. The van der Waals surface area contributed by atoms with E-state index in [1.54, 1.807) is 22.6 Å². The third-order valence-corrected chi connectivity index (χ3v) is 2.97. The van der Waals surface area contributed by atoms with Crippen LogP contribution in [0.15, 0.2) is 10.5 Å². The van der Waals surface area contributed by atoms with E-state index in [0.717, 1.165) is 6.07 Å². The maximum Gasteiger partial charge on any atom is 0.574 e. The summed E-state index contributed by atoms with van der Waals surface area (Å²) in [5.41, 5.74) is 0.421. The lowest BCUT2D eigenvalue weighted by Gasteiger charge is -2.10. The molecule has 0 radical (unpaired) electrons. The molecule has 8 heteroatoms. The molecule has 0 aromatic carbocycles. The van der Waals surface area contributed by atoms with Gasteiger partial charge in [-0.25, -0.2) is 4.98 Å². The molecule has 0 aliphatic carbocycles. The largest absolute Gasteiger partial charge is 0.574 e. The molecule has 0 spiro atoms. The molecule has 1 heterocycles. The monoisotopic (exact) mass is 397 g/mol. The summed E-state index contributed by atoms with van der Waals surface area (Å²) in [6.45, 7) is -0.307. The Labute approximate surface area is 105 Å². The van der Waals surface area contributed by atoms with Gasteiger partial charge in [0.25, 0.3) is 0 Å². The fraction of sp³-hybridized carbons (Fsp3) is 0.286. The SMILES string of the molecule is OCc1c(Br)cc(OC(F)(F)F)nc1I. The number of nitrogens with zero attached hydrogens (tertiary/aromatic N) is 1.